The Labute approximate surface area is 115 Å². The van der Waals surface area contributed by atoms with Crippen molar-refractivity contribution in [1.29, 1.82) is 0 Å². The second kappa shape index (κ2) is 9.96. The fourth-order valence-electron chi connectivity index (χ4n) is 1.17. The van der Waals surface area contributed by atoms with Gasteiger partial charge in [0.05, 0.1) is 11.5 Å². The highest BCUT2D eigenvalue weighted by Gasteiger charge is 2.04. The van der Waals surface area contributed by atoms with E-state index in [4.69, 9.17) is 0 Å². The SMILES string of the molecule is O=C1CSCCSCCSCC(=O)NCCN1. The first-order valence-electron chi connectivity index (χ1n) is 5.55. The van der Waals surface area contributed by atoms with Gasteiger partial charge in [-0.1, -0.05) is 0 Å². The maximum atomic E-state index is 11.3. The van der Waals surface area contributed by atoms with Crippen molar-refractivity contribution in [1.82, 2.24) is 10.6 Å². The monoisotopic (exact) mass is 294 g/mol. The molecular weight excluding hydrogens is 276 g/mol. The normalized spacial score (nSPS) is 21.9. The van der Waals surface area contributed by atoms with E-state index in [2.05, 4.69) is 10.6 Å². The first-order valence-corrected chi connectivity index (χ1v) is 9.02. The Morgan fingerprint density at radius 3 is 1.59 bits per heavy atom. The highest BCUT2D eigenvalue weighted by Crippen LogP contribution is 2.10. The minimum Gasteiger partial charge on any atom is -0.354 e. The van der Waals surface area contributed by atoms with Crippen LogP contribution in [0, 0.1) is 0 Å². The van der Waals surface area contributed by atoms with Crippen LogP contribution in [-0.2, 0) is 9.59 Å². The van der Waals surface area contributed by atoms with Gasteiger partial charge in [-0.05, 0) is 0 Å². The summed E-state index contributed by atoms with van der Waals surface area (Å²) in [5.74, 6) is 5.32. The summed E-state index contributed by atoms with van der Waals surface area (Å²) in [6.45, 7) is 1.04. The number of amides is 2. The van der Waals surface area contributed by atoms with Crippen LogP contribution >= 0.6 is 35.3 Å². The Kier molecular flexibility index (Phi) is 8.82. The van der Waals surface area contributed by atoms with E-state index < -0.39 is 0 Å². The Bertz CT molecular complexity index is 228. The number of nitrogens with one attached hydrogen (secondary N) is 2. The molecule has 1 aliphatic rings. The molecule has 0 saturated carbocycles. The predicted molar refractivity (Wildman–Crippen MR) is 78.0 cm³/mol. The number of carbonyl (C=O) groups excluding carboxylic acids is 2. The molecule has 1 rings (SSSR count). The molecule has 0 bridgehead atoms. The van der Waals surface area contributed by atoms with Crippen molar-refractivity contribution in [3.05, 3.63) is 0 Å². The summed E-state index contributed by atoms with van der Waals surface area (Å²) in [7, 11) is 0. The molecule has 0 radical (unpaired) electrons. The standard InChI is InChI=1S/C10H18N2O2S3/c13-9-7-16-5-3-15-4-6-17-8-10(14)12-2-1-11-9/h1-8H2,(H,11,13)(H,12,14). The molecule has 0 atom stereocenters. The summed E-state index contributed by atoms with van der Waals surface area (Å²) in [6.07, 6.45) is 0. The van der Waals surface area contributed by atoms with Gasteiger partial charge in [-0.2, -0.15) is 35.3 Å². The number of hydrogen-bond donors (Lipinski definition) is 2. The lowest BCUT2D eigenvalue weighted by atomic mass is 10.5. The molecule has 2 N–H and O–H groups in total. The summed E-state index contributed by atoms with van der Waals surface area (Å²) < 4.78 is 0. The van der Waals surface area contributed by atoms with Crippen molar-refractivity contribution in [3.63, 3.8) is 0 Å². The zero-order chi connectivity index (χ0) is 12.3. The zero-order valence-electron chi connectivity index (χ0n) is 9.70. The molecule has 1 aliphatic heterocycles. The van der Waals surface area contributed by atoms with Crippen molar-refractivity contribution in [2.45, 2.75) is 0 Å². The lowest BCUT2D eigenvalue weighted by Gasteiger charge is -2.06. The van der Waals surface area contributed by atoms with Crippen LogP contribution in [0.15, 0.2) is 0 Å². The minimum absolute atomic E-state index is 0.0542. The molecule has 0 aromatic carbocycles. The summed E-state index contributed by atoms with van der Waals surface area (Å²) in [5, 5.41) is 5.57. The van der Waals surface area contributed by atoms with Crippen molar-refractivity contribution in [3.8, 4) is 0 Å². The smallest absolute Gasteiger partial charge is 0.230 e. The third kappa shape index (κ3) is 8.68. The molecule has 0 aliphatic carbocycles. The first-order chi connectivity index (χ1) is 8.29. The van der Waals surface area contributed by atoms with E-state index in [1.54, 1.807) is 23.5 Å². The zero-order valence-corrected chi connectivity index (χ0v) is 12.1. The molecule has 0 unspecified atom stereocenters. The van der Waals surface area contributed by atoms with Crippen LogP contribution in [0.2, 0.25) is 0 Å². The molecule has 17 heavy (non-hydrogen) atoms. The van der Waals surface area contributed by atoms with E-state index in [0.29, 0.717) is 24.6 Å². The van der Waals surface area contributed by atoms with Crippen LogP contribution in [0.5, 0.6) is 0 Å². The third-order valence-corrected chi connectivity index (χ3v) is 5.40. The summed E-state index contributed by atoms with van der Waals surface area (Å²) in [4.78, 5) is 22.7. The molecule has 0 spiro atoms. The summed E-state index contributed by atoms with van der Waals surface area (Å²) in [5.41, 5.74) is 0. The first kappa shape index (κ1) is 15.0. The lowest BCUT2D eigenvalue weighted by molar-refractivity contribution is -0.120. The van der Waals surface area contributed by atoms with Gasteiger partial charge in [0.2, 0.25) is 11.8 Å². The highest BCUT2D eigenvalue weighted by atomic mass is 32.2. The van der Waals surface area contributed by atoms with E-state index in [1.807, 2.05) is 11.8 Å². The number of hydrogen-bond acceptors (Lipinski definition) is 5. The molecule has 1 saturated heterocycles. The van der Waals surface area contributed by atoms with Gasteiger partial charge in [-0.3, -0.25) is 9.59 Å². The predicted octanol–water partition coefficient (Wildman–Crippen LogP) is 0.432. The second-order valence-corrected chi connectivity index (χ2v) is 6.85. The van der Waals surface area contributed by atoms with E-state index in [1.165, 1.54) is 0 Å². The molecule has 7 heteroatoms. The average molecular weight is 294 g/mol. The van der Waals surface area contributed by atoms with Gasteiger partial charge in [0, 0.05) is 36.1 Å². The molecule has 0 aromatic rings. The van der Waals surface area contributed by atoms with Gasteiger partial charge < -0.3 is 10.6 Å². The molecule has 1 fully saturated rings. The van der Waals surface area contributed by atoms with Gasteiger partial charge in [-0.15, -0.1) is 0 Å². The molecule has 2 amide bonds. The van der Waals surface area contributed by atoms with Crippen molar-refractivity contribution in [2.75, 3.05) is 47.6 Å². The quantitative estimate of drug-likeness (QED) is 0.679. The summed E-state index contributed by atoms with van der Waals surface area (Å²) in [6, 6.07) is 0. The van der Waals surface area contributed by atoms with Crippen LogP contribution in [-0.4, -0.2) is 59.4 Å². The fourth-order valence-corrected chi connectivity index (χ4v) is 4.13. The number of rotatable bonds is 0. The minimum atomic E-state index is 0.0542. The van der Waals surface area contributed by atoms with Crippen LogP contribution in [0.4, 0.5) is 0 Å². The van der Waals surface area contributed by atoms with Gasteiger partial charge >= 0.3 is 0 Å². The van der Waals surface area contributed by atoms with E-state index in [-0.39, 0.29) is 11.8 Å². The molecule has 98 valence electrons. The topological polar surface area (TPSA) is 58.2 Å². The Morgan fingerprint density at radius 2 is 1.12 bits per heavy atom. The highest BCUT2D eigenvalue weighted by molar-refractivity contribution is 8.04. The largest absolute Gasteiger partial charge is 0.354 e. The van der Waals surface area contributed by atoms with Crippen molar-refractivity contribution in [2.24, 2.45) is 0 Å². The molecule has 4 nitrogen and oxygen atoms in total. The van der Waals surface area contributed by atoms with Crippen LogP contribution in [0.1, 0.15) is 0 Å². The fraction of sp³-hybridized carbons (Fsp3) is 0.800. The van der Waals surface area contributed by atoms with E-state index >= 15 is 0 Å². The lowest BCUT2D eigenvalue weighted by Crippen LogP contribution is -2.36. The molecule has 1 heterocycles. The van der Waals surface area contributed by atoms with Gasteiger partial charge in [0.15, 0.2) is 0 Å². The van der Waals surface area contributed by atoms with Crippen molar-refractivity contribution < 1.29 is 9.59 Å². The third-order valence-electron chi connectivity index (χ3n) is 1.98. The maximum absolute atomic E-state index is 11.3. The Hall–Kier alpha value is -0.0100. The van der Waals surface area contributed by atoms with Gasteiger partial charge in [-0.25, -0.2) is 0 Å². The summed E-state index contributed by atoms with van der Waals surface area (Å²) >= 11 is 5.22. The van der Waals surface area contributed by atoms with Crippen molar-refractivity contribution >= 4 is 47.1 Å². The Balaban J connectivity index is 2.24. The molecule has 0 aromatic heterocycles. The van der Waals surface area contributed by atoms with E-state index in [0.717, 1.165) is 23.0 Å². The van der Waals surface area contributed by atoms with Gasteiger partial charge in [0.25, 0.3) is 0 Å². The average Bonchev–Trinajstić information content (AvgIpc) is 2.32. The Morgan fingerprint density at radius 1 is 0.706 bits per heavy atom. The molecular formula is C10H18N2O2S3. The van der Waals surface area contributed by atoms with Crippen LogP contribution < -0.4 is 10.6 Å². The van der Waals surface area contributed by atoms with Crippen LogP contribution in [0.25, 0.3) is 0 Å². The second-order valence-electron chi connectivity index (χ2n) is 3.42. The number of thioether (sulfide) groups is 3. The van der Waals surface area contributed by atoms with Gasteiger partial charge in [0.1, 0.15) is 0 Å². The van der Waals surface area contributed by atoms with Crippen LogP contribution in [0.3, 0.4) is 0 Å². The van der Waals surface area contributed by atoms with E-state index in [9.17, 15) is 9.59 Å². The number of carbonyl (C=O) groups is 2. The maximum Gasteiger partial charge on any atom is 0.230 e.